The molecular formula is C19H19N7O4S. The highest BCUT2D eigenvalue weighted by Gasteiger charge is 2.43. The van der Waals surface area contributed by atoms with Crippen molar-refractivity contribution in [2.24, 2.45) is 0 Å². The molecule has 2 aromatic heterocycles. The number of benzene rings is 1. The minimum atomic E-state index is -1.04. The number of carboxylic acids is 1. The quantitative estimate of drug-likeness (QED) is 0.614. The number of carbonyl (C=O) groups excluding carboxylic acids is 1. The molecule has 0 atom stereocenters. The van der Waals surface area contributed by atoms with E-state index in [9.17, 15) is 9.59 Å². The zero-order valence-electron chi connectivity index (χ0n) is 16.6. The van der Waals surface area contributed by atoms with Crippen molar-refractivity contribution < 1.29 is 19.4 Å². The van der Waals surface area contributed by atoms with Gasteiger partial charge in [0.25, 0.3) is 5.91 Å². The third-order valence-electron chi connectivity index (χ3n) is 5.39. The number of aromatic nitrogens is 5. The third-order valence-corrected chi connectivity index (χ3v) is 6.45. The molecule has 0 unspecified atom stereocenters. The van der Waals surface area contributed by atoms with Gasteiger partial charge in [0, 0.05) is 25.9 Å². The maximum atomic E-state index is 12.7. The second-order valence-corrected chi connectivity index (χ2v) is 8.54. The van der Waals surface area contributed by atoms with E-state index >= 15 is 0 Å². The van der Waals surface area contributed by atoms with Crippen molar-refractivity contribution in [1.82, 2.24) is 30.5 Å². The summed E-state index contributed by atoms with van der Waals surface area (Å²) in [6.45, 7) is 2.87. The Morgan fingerprint density at radius 2 is 2.16 bits per heavy atom. The number of nitrogens with zero attached hydrogens (tertiary/aromatic N) is 6. The minimum Gasteiger partial charge on any atom is -0.480 e. The molecule has 2 N–H and O–H groups in total. The lowest BCUT2D eigenvalue weighted by Gasteiger charge is -2.44. The number of piperidine rings is 1. The largest absolute Gasteiger partial charge is 0.480 e. The number of amides is 1. The van der Waals surface area contributed by atoms with Gasteiger partial charge in [-0.25, -0.2) is 4.98 Å². The first-order chi connectivity index (χ1) is 14.9. The molecular weight excluding hydrogens is 422 g/mol. The normalized spacial score (nSPS) is 17.2. The van der Waals surface area contributed by atoms with Crippen LogP contribution in [-0.2, 0) is 11.3 Å². The molecule has 3 aromatic rings. The predicted octanol–water partition coefficient (Wildman–Crippen LogP) is 1.31. The van der Waals surface area contributed by atoms with E-state index in [4.69, 9.17) is 9.84 Å². The molecule has 1 spiro atoms. The van der Waals surface area contributed by atoms with Crippen LogP contribution in [0.5, 0.6) is 5.75 Å². The number of rotatable bonds is 4. The van der Waals surface area contributed by atoms with E-state index in [0.29, 0.717) is 47.9 Å². The molecule has 31 heavy (non-hydrogen) atoms. The van der Waals surface area contributed by atoms with E-state index < -0.39 is 11.7 Å². The number of hydrogen-bond donors (Lipinski definition) is 2. The van der Waals surface area contributed by atoms with Gasteiger partial charge in [0.2, 0.25) is 5.82 Å². The van der Waals surface area contributed by atoms with E-state index in [2.05, 4.69) is 30.6 Å². The molecule has 0 saturated carbocycles. The van der Waals surface area contributed by atoms with Gasteiger partial charge in [-0.2, -0.15) is 4.80 Å². The van der Waals surface area contributed by atoms with Gasteiger partial charge in [-0.3, -0.25) is 9.59 Å². The first-order valence-corrected chi connectivity index (χ1v) is 10.6. The molecule has 2 aliphatic rings. The molecule has 4 heterocycles. The van der Waals surface area contributed by atoms with Crippen molar-refractivity contribution in [3.8, 4) is 16.5 Å². The Labute approximate surface area is 180 Å². The summed E-state index contributed by atoms with van der Waals surface area (Å²) in [4.78, 5) is 31.8. The maximum absolute atomic E-state index is 12.7. The Bertz CT molecular complexity index is 1170. The number of thiazole rings is 1. The van der Waals surface area contributed by atoms with E-state index in [-0.39, 0.29) is 12.5 Å². The fourth-order valence-corrected chi connectivity index (χ4v) is 4.74. The van der Waals surface area contributed by atoms with Crippen LogP contribution in [0.4, 0.5) is 5.13 Å². The summed E-state index contributed by atoms with van der Waals surface area (Å²) in [6.07, 6.45) is 2.90. The molecule has 2 aliphatic heterocycles. The van der Waals surface area contributed by atoms with Crippen LogP contribution in [0.15, 0.2) is 24.4 Å². The first-order valence-electron chi connectivity index (χ1n) is 9.74. The van der Waals surface area contributed by atoms with Crippen molar-refractivity contribution in [3.63, 3.8) is 0 Å². The number of hydrogen-bond acceptors (Lipinski definition) is 9. The van der Waals surface area contributed by atoms with Crippen LogP contribution in [0.3, 0.4) is 0 Å². The number of tetrazole rings is 1. The molecule has 1 aromatic carbocycles. The van der Waals surface area contributed by atoms with Crippen LogP contribution >= 0.6 is 11.3 Å². The number of carboxylic acid groups (broad SMARTS) is 1. The second kappa shape index (κ2) is 7.30. The standard InChI is InChI=1S/C19H19N7O4S/c1-11-3-2-4-12-15(11)17(29)21-19(30-12)5-7-25(8-6-19)18-20-9-13(31-18)16-22-24-26(23-16)10-14(27)28/h2-4,9H,5-8,10H2,1H3,(H,21,29)(H,27,28). The van der Waals surface area contributed by atoms with Crippen molar-refractivity contribution in [1.29, 1.82) is 0 Å². The Kier molecular flexibility index (Phi) is 4.58. The molecule has 1 fully saturated rings. The van der Waals surface area contributed by atoms with Gasteiger partial charge in [0.1, 0.15) is 5.75 Å². The van der Waals surface area contributed by atoms with Crippen LogP contribution in [0.25, 0.3) is 10.7 Å². The number of aliphatic carboxylic acids is 1. The zero-order chi connectivity index (χ0) is 21.6. The van der Waals surface area contributed by atoms with Crippen LogP contribution < -0.4 is 15.0 Å². The van der Waals surface area contributed by atoms with E-state index in [1.54, 1.807) is 6.20 Å². The number of ether oxygens (including phenoxy) is 1. The summed E-state index contributed by atoms with van der Waals surface area (Å²) < 4.78 is 6.25. The Balaban J connectivity index is 1.28. The molecule has 0 radical (unpaired) electrons. The summed E-state index contributed by atoms with van der Waals surface area (Å²) in [5.41, 5.74) is 0.783. The van der Waals surface area contributed by atoms with Crippen molar-refractivity contribution >= 4 is 28.3 Å². The van der Waals surface area contributed by atoms with Crippen molar-refractivity contribution in [2.45, 2.75) is 32.0 Å². The highest BCUT2D eigenvalue weighted by molar-refractivity contribution is 7.18. The second-order valence-electron chi connectivity index (χ2n) is 7.53. The van der Waals surface area contributed by atoms with Gasteiger partial charge in [-0.05, 0) is 23.8 Å². The fourth-order valence-electron chi connectivity index (χ4n) is 3.85. The van der Waals surface area contributed by atoms with Gasteiger partial charge >= 0.3 is 5.97 Å². The van der Waals surface area contributed by atoms with Gasteiger partial charge in [0.05, 0.1) is 16.6 Å². The number of anilines is 1. The summed E-state index contributed by atoms with van der Waals surface area (Å²) in [6, 6.07) is 5.64. The average molecular weight is 441 g/mol. The van der Waals surface area contributed by atoms with E-state index in [0.717, 1.165) is 15.5 Å². The number of nitrogens with one attached hydrogen (secondary N) is 1. The molecule has 11 nitrogen and oxygen atoms in total. The summed E-state index contributed by atoms with van der Waals surface area (Å²) in [5, 5.41) is 24.4. The fraction of sp³-hybridized carbons (Fsp3) is 0.368. The number of aryl methyl sites for hydroxylation is 1. The summed E-state index contributed by atoms with van der Waals surface area (Å²) in [7, 11) is 0. The molecule has 0 bridgehead atoms. The monoisotopic (exact) mass is 441 g/mol. The smallest absolute Gasteiger partial charge is 0.327 e. The third kappa shape index (κ3) is 3.58. The Morgan fingerprint density at radius 1 is 1.35 bits per heavy atom. The topological polar surface area (TPSA) is 135 Å². The minimum absolute atomic E-state index is 0.0974. The van der Waals surface area contributed by atoms with Crippen molar-refractivity contribution in [3.05, 3.63) is 35.5 Å². The lowest BCUT2D eigenvalue weighted by atomic mass is 9.96. The molecule has 5 rings (SSSR count). The maximum Gasteiger partial charge on any atom is 0.327 e. The lowest BCUT2D eigenvalue weighted by Crippen LogP contribution is -2.61. The average Bonchev–Trinajstić information content (AvgIpc) is 3.37. The zero-order valence-corrected chi connectivity index (χ0v) is 17.4. The predicted molar refractivity (Wildman–Crippen MR) is 110 cm³/mol. The Morgan fingerprint density at radius 3 is 2.94 bits per heavy atom. The number of carbonyl (C=O) groups is 2. The van der Waals surface area contributed by atoms with E-state index in [1.807, 2.05) is 25.1 Å². The first kappa shape index (κ1) is 19.4. The lowest BCUT2D eigenvalue weighted by molar-refractivity contribution is -0.138. The van der Waals surface area contributed by atoms with Crippen LogP contribution in [0.2, 0.25) is 0 Å². The van der Waals surface area contributed by atoms with Gasteiger partial charge in [-0.1, -0.05) is 23.5 Å². The highest BCUT2D eigenvalue weighted by atomic mass is 32.1. The van der Waals surface area contributed by atoms with Crippen LogP contribution in [-0.4, -0.2) is 61.0 Å². The summed E-state index contributed by atoms with van der Waals surface area (Å²) in [5.74, 6) is -0.163. The Hall–Kier alpha value is -3.54. The molecule has 160 valence electrons. The van der Waals surface area contributed by atoms with Crippen LogP contribution in [0, 0.1) is 6.92 Å². The van der Waals surface area contributed by atoms with Gasteiger partial charge in [0.15, 0.2) is 17.4 Å². The molecule has 1 amide bonds. The van der Waals surface area contributed by atoms with Crippen LogP contribution in [0.1, 0.15) is 28.8 Å². The SMILES string of the molecule is Cc1cccc2c1C(=O)NC1(CCN(c3ncc(-c4nnn(CC(=O)O)n4)s3)CC1)O2. The van der Waals surface area contributed by atoms with E-state index in [1.165, 1.54) is 11.3 Å². The highest BCUT2D eigenvalue weighted by Crippen LogP contribution is 2.37. The summed E-state index contributed by atoms with van der Waals surface area (Å²) >= 11 is 1.41. The van der Waals surface area contributed by atoms with Gasteiger partial charge in [-0.15, -0.1) is 10.2 Å². The molecule has 0 aliphatic carbocycles. The molecule has 1 saturated heterocycles. The molecule has 12 heteroatoms. The number of fused-ring (bicyclic) bond motifs is 1. The van der Waals surface area contributed by atoms with Gasteiger partial charge < -0.3 is 20.1 Å². The van der Waals surface area contributed by atoms with Crippen molar-refractivity contribution in [2.75, 3.05) is 18.0 Å².